The lowest BCUT2D eigenvalue weighted by Crippen LogP contribution is -2.33. The highest BCUT2D eigenvalue weighted by Crippen LogP contribution is 2.27. The van der Waals surface area contributed by atoms with Gasteiger partial charge in [0.25, 0.3) is 0 Å². The van der Waals surface area contributed by atoms with Gasteiger partial charge in [0, 0.05) is 18.5 Å². The van der Waals surface area contributed by atoms with Crippen molar-refractivity contribution in [3.63, 3.8) is 0 Å². The predicted molar refractivity (Wildman–Crippen MR) is 74.2 cm³/mol. The van der Waals surface area contributed by atoms with Crippen LogP contribution < -0.4 is 11.1 Å². The van der Waals surface area contributed by atoms with Gasteiger partial charge in [0.15, 0.2) is 0 Å². The van der Waals surface area contributed by atoms with Gasteiger partial charge in [0.2, 0.25) is 5.91 Å². The van der Waals surface area contributed by atoms with Crippen molar-refractivity contribution < 1.29 is 4.79 Å². The first-order valence-corrected chi connectivity index (χ1v) is 7.79. The summed E-state index contributed by atoms with van der Waals surface area (Å²) in [7, 11) is 0. The molecule has 2 aliphatic carbocycles. The lowest BCUT2D eigenvalue weighted by Gasteiger charge is -2.21. The minimum Gasteiger partial charge on any atom is -0.353 e. The highest BCUT2D eigenvalue weighted by molar-refractivity contribution is 5.76. The lowest BCUT2D eigenvalue weighted by atomic mass is 9.86. The average Bonchev–Trinajstić information content (AvgIpc) is 2.76. The fraction of sp³-hybridized carbons (Fsp3) is 0.933. The molecule has 0 aromatic heterocycles. The summed E-state index contributed by atoms with van der Waals surface area (Å²) in [5, 5.41) is 3.13. The monoisotopic (exact) mass is 252 g/mol. The van der Waals surface area contributed by atoms with Crippen molar-refractivity contribution in [2.75, 3.05) is 0 Å². The second-order valence-corrected chi connectivity index (χ2v) is 6.23. The molecule has 2 saturated carbocycles. The molecule has 2 unspecified atom stereocenters. The van der Waals surface area contributed by atoms with Crippen LogP contribution in [0.15, 0.2) is 0 Å². The molecular weight excluding hydrogens is 224 g/mol. The SMILES string of the molecule is NC1CCC(NC(=O)CCCC2CCCCC2)C1. The van der Waals surface area contributed by atoms with E-state index >= 15 is 0 Å². The van der Waals surface area contributed by atoms with Crippen LogP contribution in [0.25, 0.3) is 0 Å². The number of hydrogen-bond donors (Lipinski definition) is 2. The van der Waals surface area contributed by atoms with E-state index in [0.29, 0.717) is 18.5 Å². The van der Waals surface area contributed by atoms with Gasteiger partial charge in [0.05, 0.1) is 0 Å². The molecule has 3 heteroatoms. The van der Waals surface area contributed by atoms with Gasteiger partial charge >= 0.3 is 0 Å². The van der Waals surface area contributed by atoms with Crippen molar-refractivity contribution in [3.8, 4) is 0 Å². The summed E-state index contributed by atoms with van der Waals surface area (Å²) < 4.78 is 0. The third-order valence-electron chi connectivity index (χ3n) is 4.58. The van der Waals surface area contributed by atoms with Crippen LogP contribution in [0, 0.1) is 5.92 Å². The van der Waals surface area contributed by atoms with Crippen LogP contribution in [0.1, 0.15) is 70.6 Å². The quantitative estimate of drug-likeness (QED) is 0.790. The van der Waals surface area contributed by atoms with Gasteiger partial charge in [0.1, 0.15) is 0 Å². The van der Waals surface area contributed by atoms with Gasteiger partial charge in [-0.05, 0) is 38.0 Å². The second-order valence-electron chi connectivity index (χ2n) is 6.23. The number of nitrogens with one attached hydrogen (secondary N) is 1. The Morgan fingerprint density at radius 2 is 1.89 bits per heavy atom. The number of carbonyl (C=O) groups is 1. The van der Waals surface area contributed by atoms with Crippen LogP contribution in [0.3, 0.4) is 0 Å². The first-order chi connectivity index (χ1) is 8.74. The van der Waals surface area contributed by atoms with Crippen molar-refractivity contribution in [1.82, 2.24) is 5.32 Å². The number of rotatable bonds is 5. The molecule has 0 heterocycles. The average molecular weight is 252 g/mol. The zero-order chi connectivity index (χ0) is 12.8. The highest BCUT2D eigenvalue weighted by Gasteiger charge is 2.23. The molecule has 3 N–H and O–H groups in total. The van der Waals surface area contributed by atoms with Crippen LogP contribution in [-0.2, 0) is 4.79 Å². The molecule has 0 saturated heterocycles. The zero-order valence-electron chi connectivity index (χ0n) is 11.5. The molecule has 1 amide bonds. The standard InChI is InChI=1S/C15H28N2O/c16-13-9-10-14(11-13)17-15(18)8-4-7-12-5-2-1-3-6-12/h12-14H,1-11,16H2,(H,17,18). The highest BCUT2D eigenvalue weighted by atomic mass is 16.1. The van der Waals surface area contributed by atoms with E-state index in [1.807, 2.05) is 0 Å². The maximum atomic E-state index is 11.8. The first kappa shape index (κ1) is 13.9. The molecule has 2 aliphatic rings. The van der Waals surface area contributed by atoms with Crippen molar-refractivity contribution in [1.29, 1.82) is 0 Å². The van der Waals surface area contributed by atoms with Crippen LogP contribution in [-0.4, -0.2) is 18.0 Å². The topological polar surface area (TPSA) is 55.1 Å². The maximum Gasteiger partial charge on any atom is 0.220 e. The maximum absolute atomic E-state index is 11.8. The Morgan fingerprint density at radius 3 is 2.56 bits per heavy atom. The fourth-order valence-corrected chi connectivity index (χ4v) is 3.47. The Balaban J connectivity index is 1.54. The predicted octanol–water partition coefficient (Wildman–Crippen LogP) is 2.73. The molecule has 0 spiro atoms. The van der Waals surface area contributed by atoms with Gasteiger partial charge in [-0.3, -0.25) is 4.79 Å². The smallest absolute Gasteiger partial charge is 0.220 e. The molecule has 0 radical (unpaired) electrons. The Kier molecular flexibility index (Phi) is 5.48. The van der Waals surface area contributed by atoms with E-state index in [1.165, 1.54) is 38.5 Å². The van der Waals surface area contributed by atoms with Crippen molar-refractivity contribution in [2.45, 2.75) is 82.7 Å². The summed E-state index contributed by atoms with van der Waals surface area (Å²) in [4.78, 5) is 11.8. The molecule has 0 bridgehead atoms. The third-order valence-corrected chi connectivity index (χ3v) is 4.58. The van der Waals surface area contributed by atoms with Gasteiger partial charge in [-0.1, -0.05) is 32.1 Å². The molecule has 0 aliphatic heterocycles. The molecule has 2 rings (SSSR count). The summed E-state index contributed by atoms with van der Waals surface area (Å²) >= 11 is 0. The van der Waals surface area contributed by atoms with Crippen LogP contribution in [0.2, 0.25) is 0 Å². The van der Waals surface area contributed by atoms with E-state index in [-0.39, 0.29) is 5.91 Å². The van der Waals surface area contributed by atoms with Crippen molar-refractivity contribution in [2.24, 2.45) is 11.7 Å². The number of nitrogens with two attached hydrogens (primary N) is 1. The lowest BCUT2D eigenvalue weighted by molar-refractivity contribution is -0.121. The largest absolute Gasteiger partial charge is 0.353 e. The third kappa shape index (κ3) is 4.60. The summed E-state index contributed by atoms with van der Waals surface area (Å²) in [6.45, 7) is 0. The van der Waals surface area contributed by atoms with Gasteiger partial charge in [-0.15, -0.1) is 0 Å². The Hall–Kier alpha value is -0.570. The first-order valence-electron chi connectivity index (χ1n) is 7.79. The van der Waals surface area contributed by atoms with E-state index in [9.17, 15) is 4.79 Å². The summed E-state index contributed by atoms with van der Waals surface area (Å²) in [5.41, 5.74) is 5.85. The van der Waals surface area contributed by atoms with E-state index in [1.54, 1.807) is 0 Å². The van der Waals surface area contributed by atoms with Gasteiger partial charge < -0.3 is 11.1 Å². The molecule has 0 aromatic carbocycles. The molecule has 3 nitrogen and oxygen atoms in total. The van der Waals surface area contributed by atoms with Gasteiger partial charge in [-0.25, -0.2) is 0 Å². The normalized spacial score (nSPS) is 29.4. The Bertz CT molecular complexity index is 261. The van der Waals surface area contributed by atoms with Crippen LogP contribution in [0.5, 0.6) is 0 Å². The van der Waals surface area contributed by atoms with E-state index < -0.39 is 0 Å². The van der Waals surface area contributed by atoms with Crippen molar-refractivity contribution >= 4 is 5.91 Å². The number of amides is 1. The Labute approximate surface area is 111 Å². The molecule has 2 fully saturated rings. The van der Waals surface area contributed by atoms with Crippen LogP contribution >= 0.6 is 0 Å². The Morgan fingerprint density at radius 1 is 1.11 bits per heavy atom. The minimum atomic E-state index is 0.241. The molecule has 104 valence electrons. The zero-order valence-corrected chi connectivity index (χ0v) is 11.5. The minimum absolute atomic E-state index is 0.241. The van der Waals surface area contributed by atoms with Gasteiger partial charge in [-0.2, -0.15) is 0 Å². The second kappa shape index (κ2) is 7.13. The molecule has 0 aromatic rings. The summed E-state index contributed by atoms with van der Waals surface area (Å²) in [6, 6.07) is 0.653. The van der Waals surface area contributed by atoms with E-state index in [4.69, 9.17) is 5.73 Å². The molecule has 2 atom stereocenters. The number of hydrogen-bond acceptors (Lipinski definition) is 2. The number of carbonyl (C=O) groups excluding carboxylic acids is 1. The van der Waals surface area contributed by atoms with Crippen LogP contribution in [0.4, 0.5) is 0 Å². The summed E-state index contributed by atoms with van der Waals surface area (Å²) in [5.74, 6) is 1.14. The van der Waals surface area contributed by atoms with E-state index in [0.717, 1.165) is 31.6 Å². The molecular formula is C15H28N2O. The fourth-order valence-electron chi connectivity index (χ4n) is 3.47. The van der Waals surface area contributed by atoms with Crippen molar-refractivity contribution in [3.05, 3.63) is 0 Å². The van der Waals surface area contributed by atoms with E-state index in [2.05, 4.69) is 5.32 Å². The summed E-state index contributed by atoms with van der Waals surface area (Å²) in [6.07, 6.45) is 13.1. The molecule has 18 heavy (non-hydrogen) atoms.